The summed E-state index contributed by atoms with van der Waals surface area (Å²) >= 11 is 0. The van der Waals surface area contributed by atoms with Gasteiger partial charge in [0.2, 0.25) is 11.8 Å². The standard InChI is InChI=1S/C28H37N3O6/c1-18(2)14-24(30-28(36)37-17-21-8-6-5-7-9-21)26(34)31-25(19(3)4)27(35)29-22(16-32)15-20-10-12-23(33)13-11-20/h5-13,16,18-19,22,24-25,33H,14-15,17H2,1-4H3,(H,29,35)(H,30,36)(H,31,34)/t22-,24-,25-/m0/s1. The summed E-state index contributed by atoms with van der Waals surface area (Å²) in [6, 6.07) is 12.9. The molecule has 9 heteroatoms. The van der Waals surface area contributed by atoms with Gasteiger partial charge in [0.1, 0.15) is 30.7 Å². The number of benzene rings is 2. The summed E-state index contributed by atoms with van der Waals surface area (Å²) in [4.78, 5) is 50.2. The van der Waals surface area contributed by atoms with Gasteiger partial charge >= 0.3 is 6.09 Å². The van der Waals surface area contributed by atoms with Crippen LogP contribution >= 0.6 is 0 Å². The molecule has 37 heavy (non-hydrogen) atoms. The number of phenols is 1. The molecule has 3 amide bonds. The minimum Gasteiger partial charge on any atom is -0.508 e. The molecule has 9 nitrogen and oxygen atoms in total. The second-order valence-electron chi connectivity index (χ2n) is 9.74. The molecule has 0 aromatic heterocycles. The molecule has 0 bridgehead atoms. The van der Waals surface area contributed by atoms with Gasteiger partial charge in [0.05, 0.1) is 6.04 Å². The first-order chi connectivity index (χ1) is 17.6. The normalized spacial score (nSPS) is 13.4. The quantitative estimate of drug-likeness (QED) is 0.305. The topological polar surface area (TPSA) is 134 Å². The maximum atomic E-state index is 13.1. The number of rotatable bonds is 13. The number of alkyl carbamates (subject to hydrolysis) is 1. The molecule has 0 aliphatic carbocycles. The zero-order chi connectivity index (χ0) is 27.4. The van der Waals surface area contributed by atoms with Crippen LogP contribution in [-0.2, 0) is 32.1 Å². The van der Waals surface area contributed by atoms with Crippen LogP contribution in [0.1, 0.15) is 45.2 Å². The smallest absolute Gasteiger partial charge is 0.408 e. The molecule has 0 spiro atoms. The number of aldehydes is 1. The van der Waals surface area contributed by atoms with Crippen LogP contribution in [0.4, 0.5) is 4.79 Å². The minimum absolute atomic E-state index is 0.0633. The summed E-state index contributed by atoms with van der Waals surface area (Å²) in [5.74, 6) is -1.11. The molecule has 0 fully saturated rings. The monoisotopic (exact) mass is 511 g/mol. The van der Waals surface area contributed by atoms with Gasteiger partial charge < -0.3 is 30.6 Å². The number of hydrogen-bond donors (Lipinski definition) is 4. The fraction of sp³-hybridized carbons (Fsp3) is 0.429. The van der Waals surface area contributed by atoms with Crippen molar-refractivity contribution >= 4 is 24.2 Å². The molecule has 0 saturated carbocycles. The third kappa shape index (κ3) is 10.3. The van der Waals surface area contributed by atoms with Crippen molar-refractivity contribution in [1.29, 1.82) is 0 Å². The van der Waals surface area contributed by atoms with E-state index in [1.165, 1.54) is 12.1 Å². The van der Waals surface area contributed by atoms with E-state index in [4.69, 9.17) is 4.74 Å². The summed E-state index contributed by atoms with van der Waals surface area (Å²) in [6.45, 7) is 7.45. The van der Waals surface area contributed by atoms with E-state index in [1.807, 2.05) is 44.2 Å². The Labute approximate surface area is 218 Å². The predicted molar refractivity (Wildman–Crippen MR) is 140 cm³/mol. The SMILES string of the molecule is CC(C)C[C@H](NC(=O)OCc1ccccc1)C(=O)N[C@H](C(=O)N[C@H](C=O)Cc1ccc(O)cc1)C(C)C. The van der Waals surface area contributed by atoms with E-state index in [2.05, 4.69) is 16.0 Å². The Balaban J connectivity index is 2.01. The van der Waals surface area contributed by atoms with Gasteiger partial charge in [-0.15, -0.1) is 0 Å². The largest absolute Gasteiger partial charge is 0.508 e. The predicted octanol–water partition coefficient (Wildman–Crippen LogP) is 3.10. The molecular weight excluding hydrogens is 474 g/mol. The van der Waals surface area contributed by atoms with E-state index in [9.17, 15) is 24.3 Å². The Hall–Kier alpha value is -3.88. The van der Waals surface area contributed by atoms with Crippen LogP contribution in [0.2, 0.25) is 0 Å². The minimum atomic E-state index is -0.924. The molecular formula is C28H37N3O6. The maximum Gasteiger partial charge on any atom is 0.408 e. The maximum absolute atomic E-state index is 13.1. The number of carbonyl (C=O) groups is 4. The lowest BCUT2D eigenvalue weighted by Crippen LogP contribution is -2.57. The van der Waals surface area contributed by atoms with E-state index in [0.717, 1.165) is 11.1 Å². The van der Waals surface area contributed by atoms with Crippen molar-refractivity contribution in [3.8, 4) is 5.75 Å². The van der Waals surface area contributed by atoms with Gasteiger partial charge in [-0.25, -0.2) is 4.79 Å². The average molecular weight is 512 g/mol. The van der Waals surface area contributed by atoms with Crippen molar-refractivity contribution in [3.05, 3.63) is 65.7 Å². The molecule has 4 N–H and O–H groups in total. The van der Waals surface area contributed by atoms with Crippen LogP contribution in [0.3, 0.4) is 0 Å². The Kier molecular flexibility index (Phi) is 11.6. The highest BCUT2D eigenvalue weighted by Gasteiger charge is 2.30. The molecule has 0 aliphatic heterocycles. The number of phenolic OH excluding ortho intramolecular Hbond substituents is 1. The molecule has 0 unspecified atom stereocenters. The van der Waals surface area contributed by atoms with Gasteiger partial charge in [-0.1, -0.05) is 70.2 Å². The summed E-state index contributed by atoms with van der Waals surface area (Å²) in [7, 11) is 0. The number of aromatic hydroxyl groups is 1. The molecule has 2 aromatic carbocycles. The number of ether oxygens (including phenoxy) is 1. The van der Waals surface area contributed by atoms with E-state index < -0.39 is 36.0 Å². The van der Waals surface area contributed by atoms with Crippen molar-refractivity contribution in [1.82, 2.24) is 16.0 Å². The second-order valence-corrected chi connectivity index (χ2v) is 9.74. The molecule has 0 radical (unpaired) electrons. The first-order valence-corrected chi connectivity index (χ1v) is 12.4. The Morgan fingerprint density at radius 2 is 1.51 bits per heavy atom. The van der Waals surface area contributed by atoms with E-state index in [1.54, 1.807) is 26.0 Å². The van der Waals surface area contributed by atoms with Crippen molar-refractivity contribution in [3.63, 3.8) is 0 Å². The van der Waals surface area contributed by atoms with Crippen molar-refractivity contribution in [2.45, 2.75) is 65.3 Å². The second kappa shape index (κ2) is 14.6. The van der Waals surface area contributed by atoms with Gasteiger partial charge in [0.15, 0.2) is 0 Å². The number of carbonyl (C=O) groups excluding carboxylic acids is 4. The summed E-state index contributed by atoms with van der Waals surface area (Å²) < 4.78 is 5.26. The zero-order valence-electron chi connectivity index (χ0n) is 21.8. The highest BCUT2D eigenvalue weighted by Crippen LogP contribution is 2.12. The lowest BCUT2D eigenvalue weighted by Gasteiger charge is -2.27. The summed E-state index contributed by atoms with van der Waals surface area (Å²) in [6.07, 6.45) is 0.482. The summed E-state index contributed by atoms with van der Waals surface area (Å²) in [5.41, 5.74) is 1.58. The fourth-order valence-electron chi connectivity index (χ4n) is 3.69. The Bertz CT molecular complexity index is 1020. The average Bonchev–Trinajstić information content (AvgIpc) is 2.86. The molecule has 2 aromatic rings. The Morgan fingerprint density at radius 1 is 0.865 bits per heavy atom. The van der Waals surface area contributed by atoms with Gasteiger partial charge in [0, 0.05) is 0 Å². The fourth-order valence-corrected chi connectivity index (χ4v) is 3.69. The van der Waals surface area contributed by atoms with Crippen LogP contribution in [0.15, 0.2) is 54.6 Å². The number of nitrogens with one attached hydrogen (secondary N) is 3. The van der Waals surface area contributed by atoms with Gasteiger partial charge in [-0.05, 0) is 47.9 Å². The molecule has 0 aliphatic rings. The first kappa shape index (κ1) is 29.4. The molecule has 0 saturated heterocycles. The van der Waals surface area contributed by atoms with E-state index in [0.29, 0.717) is 12.7 Å². The van der Waals surface area contributed by atoms with Crippen molar-refractivity contribution in [2.75, 3.05) is 0 Å². The van der Waals surface area contributed by atoms with Crippen LogP contribution in [0, 0.1) is 11.8 Å². The lowest BCUT2D eigenvalue weighted by atomic mass is 9.99. The van der Waals surface area contributed by atoms with Crippen molar-refractivity contribution in [2.24, 2.45) is 11.8 Å². The van der Waals surface area contributed by atoms with Crippen LogP contribution in [0.25, 0.3) is 0 Å². The number of amides is 3. The van der Waals surface area contributed by atoms with Gasteiger partial charge in [-0.2, -0.15) is 0 Å². The molecule has 200 valence electrons. The number of hydrogen-bond acceptors (Lipinski definition) is 6. The molecule has 3 atom stereocenters. The van der Waals surface area contributed by atoms with Crippen molar-refractivity contribution < 1.29 is 29.0 Å². The van der Waals surface area contributed by atoms with Gasteiger partial charge in [0.25, 0.3) is 0 Å². The molecule has 2 rings (SSSR count). The third-order valence-corrected chi connectivity index (χ3v) is 5.66. The Morgan fingerprint density at radius 3 is 2.08 bits per heavy atom. The van der Waals surface area contributed by atoms with E-state index >= 15 is 0 Å². The van der Waals surface area contributed by atoms with Crippen LogP contribution in [-0.4, -0.2) is 47.4 Å². The highest BCUT2D eigenvalue weighted by atomic mass is 16.5. The van der Waals surface area contributed by atoms with E-state index in [-0.39, 0.29) is 30.6 Å². The summed E-state index contributed by atoms with van der Waals surface area (Å²) in [5, 5.41) is 17.5. The zero-order valence-corrected chi connectivity index (χ0v) is 21.8. The van der Waals surface area contributed by atoms with Crippen LogP contribution < -0.4 is 16.0 Å². The highest BCUT2D eigenvalue weighted by molar-refractivity contribution is 5.92. The third-order valence-electron chi connectivity index (χ3n) is 5.66. The van der Waals surface area contributed by atoms with Crippen LogP contribution in [0.5, 0.6) is 5.75 Å². The molecule has 0 heterocycles. The van der Waals surface area contributed by atoms with Gasteiger partial charge in [-0.3, -0.25) is 9.59 Å². The lowest BCUT2D eigenvalue weighted by molar-refractivity contribution is -0.132. The first-order valence-electron chi connectivity index (χ1n) is 12.4.